The predicted octanol–water partition coefficient (Wildman–Crippen LogP) is 2.27. The molecule has 0 radical (unpaired) electrons. The van der Waals surface area contributed by atoms with E-state index < -0.39 is 0 Å². The summed E-state index contributed by atoms with van der Waals surface area (Å²) in [7, 11) is 0. The van der Waals surface area contributed by atoms with Crippen LogP contribution in [0.3, 0.4) is 0 Å². The summed E-state index contributed by atoms with van der Waals surface area (Å²) >= 11 is 0. The van der Waals surface area contributed by atoms with Crippen LogP contribution in [0.1, 0.15) is 25.2 Å². The molecule has 0 unspecified atom stereocenters. The molecular weight excluding hydrogens is 236 g/mol. The second-order valence-electron chi connectivity index (χ2n) is 5.17. The maximum atomic E-state index is 4.34. The van der Waals surface area contributed by atoms with Gasteiger partial charge in [0, 0.05) is 37.6 Å². The highest BCUT2D eigenvalue weighted by molar-refractivity contribution is 5.04. The summed E-state index contributed by atoms with van der Waals surface area (Å²) in [5, 5.41) is 3.45. The molecule has 2 aromatic rings. The Morgan fingerprint density at radius 1 is 1.32 bits per heavy atom. The van der Waals surface area contributed by atoms with Crippen LogP contribution in [0.15, 0.2) is 36.9 Å². The standard InChI is InChI=1S/C15H22N4/c1-13(2)9-16-10-15-11-17-12-19(15)8-6-14-5-3-4-7-18-14/h3-5,7,11-13,16H,6,8-10H2,1-2H3. The molecule has 19 heavy (non-hydrogen) atoms. The number of imidazole rings is 1. The van der Waals surface area contributed by atoms with Crippen molar-refractivity contribution in [3.63, 3.8) is 0 Å². The van der Waals surface area contributed by atoms with Crippen LogP contribution >= 0.6 is 0 Å². The van der Waals surface area contributed by atoms with Crippen LogP contribution in [0.2, 0.25) is 0 Å². The number of hydrogen-bond acceptors (Lipinski definition) is 3. The van der Waals surface area contributed by atoms with Crippen molar-refractivity contribution in [2.24, 2.45) is 5.92 Å². The molecule has 0 fully saturated rings. The normalized spacial score (nSPS) is 11.1. The number of aromatic nitrogens is 3. The van der Waals surface area contributed by atoms with Gasteiger partial charge in [-0.25, -0.2) is 4.98 Å². The molecule has 0 saturated heterocycles. The molecule has 4 heteroatoms. The summed E-state index contributed by atoms with van der Waals surface area (Å²) in [6, 6.07) is 6.04. The van der Waals surface area contributed by atoms with Crippen LogP contribution in [-0.4, -0.2) is 21.1 Å². The van der Waals surface area contributed by atoms with Crippen LogP contribution in [-0.2, 0) is 19.5 Å². The Morgan fingerprint density at radius 3 is 2.95 bits per heavy atom. The highest BCUT2D eigenvalue weighted by atomic mass is 15.1. The Hall–Kier alpha value is -1.68. The molecule has 0 aliphatic rings. The number of nitrogens with one attached hydrogen (secondary N) is 1. The molecule has 4 nitrogen and oxygen atoms in total. The van der Waals surface area contributed by atoms with Gasteiger partial charge in [0.2, 0.25) is 0 Å². The molecule has 0 spiro atoms. The maximum absolute atomic E-state index is 4.34. The van der Waals surface area contributed by atoms with Crippen molar-refractivity contribution in [3.05, 3.63) is 48.3 Å². The number of nitrogens with zero attached hydrogens (tertiary/aromatic N) is 3. The third kappa shape index (κ3) is 4.48. The monoisotopic (exact) mass is 258 g/mol. The van der Waals surface area contributed by atoms with Gasteiger partial charge in [0.25, 0.3) is 0 Å². The van der Waals surface area contributed by atoms with E-state index >= 15 is 0 Å². The van der Waals surface area contributed by atoms with Gasteiger partial charge in [0.15, 0.2) is 0 Å². The van der Waals surface area contributed by atoms with Crippen molar-refractivity contribution in [2.75, 3.05) is 6.54 Å². The van der Waals surface area contributed by atoms with Gasteiger partial charge >= 0.3 is 0 Å². The second kappa shape index (κ2) is 7.04. The van der Waals surface area contributed by atoms with E-state index in [1.807, 2.05) is 30.9 Å². The molecule has 2 aromatic heterocycles. The maximum Gasteiger partial charge on any atom is 0.0948 e. The molecule has 102 valence electrons. The molecule has 0 bridgehead atoms. The first-order chi connectivity index (χ1) is 9.25. The predicted molar refractivity (Wildman–Crippen MR) is 76.7 cm³/mol. The van der Waals surface area contributed by atoms with E-state index in [1.54, 1.807) is 0 Å². The lowest BCUT2D eigenvalue weighted by atomic mass is 10.2. The van der Waals surface area contributed by atoms with Gasteiger partial charge < -0.3 is 9.88 Å². The molecule has 0 atom stereocenters. The van der Waals surface area contributed by atoms with Crippen molar-refractivity contribution in [3.8, 4) is 0 Å². The molecule has 0 aliphatic carbocycles. The summed E-state index contributed by atoms with van der Waals surface area (Å²) < 4.78 is 2.20. The summed E-state index contributed by atoms with van der Waals surface area (Å²) in [6.45, 7) is 7.26. The minimum Gasteiger partial charge on any atom is -0.333 e. The summed E-state index contributed by atoms with van der Waals surface area (Å²) in [6.07, 6.45) is 6.61. The second-order valence-corrected chi connectivity index (χ2v) is 5.17. The first-order valence-electron chi connectivity index (χ1n) is 6.85. The SMILES string of the molecule is CC(C)CNCc1cncn1CCc1ccccn1. The average molecular weight is 258 g/mol. The highest BCUT2D eigenvalue weighted by Gasteiger charge is 2.03. The van der Waals surface area contributed by atoms with Gasteiger partial charge in [-0.05, 0) is 24.6 Å². The van der Waals surface area contributed by atoms with E-state index in [0.29, 0.717) is 5.92 Å². The Morgan fingerprint density at radius 2 is 2.21 bits per heavy atom. The average Bonchev–Trinajstić information content (AvgIpc) is 2.85. The molecular formula is C15H22N4. The number of pyridine rings is 1. The third-order valence-corrected chi connectivity index (χ3v) is 2.99. The fourth-order valence-corrected chi connectivity index (χ4v) is 1.97. The van der Waals surface area contributed by atoms with E-state index in [-0.39, 0.29) is 0 Å². The quantitative estimate of drug-likeness (QED) is 0.828. The highest BCUT2D eigenvalue weighted by Crippen LogP contribution is 2.03. The van der Waals surface area contributed by atoms with Crippen molar-refractivity contribution in [2.45, 2.75) is 33.4 Å². The molecule has 0 aliphatic heterocycles. The van der Waals surface area contributed by atoms with Crippen molar-refractivity contribution in [1.29, 1.82) is 0 Å². The number of hydrogen-bond donors (Lipinski definition) is 1. The van der Waals surface area contributed by atoms with Crippen molar-refractivity contribution >= 4 is 0 Å². The Bertz CT molecular complexity index is 476. The topological polar surface area (TPSA) is 42.7 Å². The largest absolute Gasteiger partial charge is 0.333 e. The van der Waals surface area contributed by atoms with E-state index in [4.69, 9.17) is 0 Å². The molecule has 2 heterocycles. The van der Waals surface area contributed by atoms with Crippen molar-refractivity contribution in [1.82, 2.24) is 19.9 Å². The Balaban J connectivity index is 1.85. The molecule has 0 saturated carbocycles. The zero-order chi connectivity index (χ0) is 13.5. The lowest BCUT2D eigenvalue weighted by molar-refractivity contribution is 0.533. The lowest BCUT2D eigenvalue weighted by Crippen LogP contribution is -2.21. The fraction of sp³-hybridized carbons (Fsp3) is 0.467. The van der Waals surface area contributed by atoms with Crippen LogP contribution in [0.25, 0.3) is 0 Å². The zero-order valence-electron chi connectivity index (χ0n) is 11.7. The van der Waals surface area contributed by atoms with E-state index in [2.05, 4.69) is 39.8 Å². The van der Waals surface area contributed by atoms with Gasteiger partial charge in [0.05, 0.1) is 12.0 Å². The van der Waals surface area contributed by atoms with Gasteiger partial charge in [-0.2, -0.15) is 0 Å². The van der Waals surface area contributed by atoms with Gasteiger partial charge in [0.1, 0.15) is 0 Å². The lowest BCUT2D eigenvalue weighted by Gasteiger charge is -2.10. The minimum atomic E-state index is 0.671. The Kier molecular flexibility index (Phi) is 5.10. The van der Waals surface area contributed by atoms with E-state index in [0.717, 1.165) is 31.7 Å². The molecule has 0 aromatic carbocycles. The number of rotatable bonds is 7. The Labute approximate surface area is 114 Å². The molecule has 2 rings (SSSR count). The first kappa shape index (κ1) is 13.7. The summed E-state index contributed by atoms with van der Waals surface area (Å²) in [5.41, 5.74) is 2.36. The molecule has 0 amide bonds. The fourth-order valence-electron chi connectivity index (χ4n) is 1.97. The zero-order valence-corrected chi connectivity index (χ0v) is 11.7. The van der Waals surface area contributed by atoms with Gasteiger partial charge in [-0.3, -0.25) is 4.98 Å². The summed E-state index contributed by atoms with van der Waals surface area (Å²) in [4.78, 5) is 8.58. The van der Waals surface area contributed by atoms with Gasteiger partial charge in [-0.15, -0.1) is 0 Å². The van der Waals surface area contributed by atoms with Crippen LogP contribution in [0.4, 0.5) is 0 Å². The molecule has 1 N–H and O–H groups in total. The smallest absolute Gasteiger partial charge is 0.0948 e. The van der Waals surface area contributed by atoms with E-state index in [1.165, 1.54) is 5.69 Å². The van der Waals surface area contributed by atoms with Crippen LogP contribution < -0.4 is 5.32 Å². The van der Waals surface area contributed by atoms with Crippen LogP contribution in [0, 0.1) is 5.92 Å². The minimum absolute atomic E-state index is 0.671. The number of aryl methyl sites for hydroxylation is 2. The van der Waals surface area contributed by atoms with E-state index in [9.17, 15) is 0 Å². The van der Waals surface area contributed by atoms with Crippen LogP contribution in [0.5, 0.6) is 0 Å². The third-order valence-electron chi connectivity index (χ3n) is 2.99. The van der Waals surface area contributed by atoms with Crippen molar-refractivity contribution < 1.29 is 0 Å². The van der Waals surface area contributed by atoms with Gasteiger partial charge in [-0.1, -0.05) is 19.9 Å². The summed E-state index contributed by atoms with van der Waals surface area (Å²) in [5.74, 6) is 0.671. The first-order valence-corrected chi connectivity index (χ1v) is 6.85.